The van der Waals surface area contributed by atoms with E-state index in [9.17, 15) is 0 Å². The molecule has 0 aliphatic carbocycles. The number of aromatic nitrogens is 1. The first-order valence-electron chi connectivity index (χ1n) is 20.6. The first kappa shape index (κ1) is 35.2. The molecule has 282 valence electrons. The van der Waals surface area contributed by atoms with Gasteiger partial charge in [0, 0.05) is 33.4 Å². The van der Waals surface area contributed by atoms with Crippen molar-refractivity contribution in [3.63, 3.8) is 0 Å². The maximum Gasteiger partial charge on any atom is 0.0546 e. The second-order valence-electron chi connectivity index (χ2n) is 15.3. The Kier molecular flexibility index (Phi) is 8.87. The Balaban J connectivity index is 1.07. The zero-order valence-electron chi connectivity index (χ0n) is 33.0. The molecule has 0 unspecified atom stereocenters. The van der Waals surface area contributed by atoms with E-state index in [0.717, 1.165) is 28.3 Å². The van der Waals surface area contributed by atoms with Crippen molar-refractivity contribution in [3.8, 4) is 50.2 Å². The van der Waals surface area contributed by atoms with Gasteiger partial charge in [-0.25, -0.2) is 0 Å². The molecule has 0 spiro atoms. The lowest BCUT2D eigenvalue weighted by molar-refractivity contribution is 1.18. The van der Waals surface area contributed by atoms with Crippen molar-refractivity contribution >= 4 is 49.6 Å². The summed E-state index contributed by atoms with van der Waals surface area (Å²) in [5.41, 5.74) is 16.3. The SMILES string of the molecule is c1ccc(-c2cccc(N(c3ccc(-c4cccc(-n5c6ccccc6c6ccccc65)c4-c4ccccc4)cc3)c3cccc(-c4cccc5ccccc45)c3)c2)cc1. The fraction of sp³-hybridized carbons (Fsp3) is 0. The summed E-state index contributed by atoms with van der Waals surface area (Å²) in [6.45, 7) is 0. The fourth-order valence-corrected chi connectivity index (χ4v) is 9.04. The monoisotopic (exact) mass is 764 g/mol. The molecule has 10 aromatic carbocycles. The Bertz CT molecular complexity index is 3250. The molecule has 0 N–H and O–H groups in total. The smallest absolute Gasteiger partial charge is 0.0546 e. The third kappa shape index (κ3) is 6.23. The van der Waals surface area contributed by atoms with Crippen LogP contribution in [0.3, 0.4) is 0 Å². The minimum absolute atomic E-state index is 1.08. The lowest BCUT2D eigenvalue weighted by Crippen LogP contribution is -2.10. The largest absolute Gasteiger partial charge is 0.310 e. The molecule has 0 fully saturated rings. The fourth-order valence-electron chi connectivity index (χ4n) is 9.04. The van der Waals surface area contributed by atoms with Crippen LogP contribution in [0.15, 0.2) is 243 Å². The van der Waals surface area contributed by atoms with Crippen molar-refractivity contribution in [1.29, 1.82) is 0 Å². The summed E-state index contributed by atoms with van der Waals surface area (Å²) in [6.07, 6.45) is 0. The topological polar surface area (TPSA) is 8.17 Å². The maximum absolute atomic E-state index is 2.44. The van der Waals surface area contributed by atoms with Gasteiger partial charge in [-0.15, -0.1) is 0 Å². The first-order chi connectivity index (χ1) is 29.8. The molecule has 2 heteroatoms. The lowest BCUT2D eigenvalue weighted by atomic mass is 9.92. The van der Waals surface area contributed by atoms with E-state index in [1.165, 1.54) is 71.5 Å². The number of benzene rings is 10. The molecule has 0 saturated carbocycles. The van der Waals surface area contributed by atoms with Crippen LogP contribution in [0.4, 0.5) is 17.1 Å². The molecule has 1 heterocycles. The molecule has 0 aliphatic heterocycles. The van der Waals surface area contributed by atoms with E-state index in [1.807, 2.05) is 0 Å². The van der Waals surface area contributed by atoms with Crippen molar-refractivity contribution in [1.82, 2.24) is 4.57 Å². The van der Waals surface area contributed by atoms with E-state index < -0.39 is 0 Å². The summed E-state index contributed by atoms with van der Waals surface area (Å²) < 4.78 is 2.44. The number of nitrogens with zero attached hydrogens (tertiary/aromatic N) is 2. The van der Waals surface area contributed by atoms with E-state index in [1.54, 1.807) is 0 Å². The predicted molar refractivity (Wildman–Crippen MR) is 255 cm³/mol. The van der Waals surface area contributed by atoms with Gasteiger partial charge in [-0.1, -0.05) is 188 Å². The van der Waals surface area contributed by atoms with E-state index in [2.05, 4.69) is 252 Å². The second kappa shape index (κ2) is 15.1. The minimum atomic E-state index is 1.08. The molecule has 60 heavy (non-hydrogen) atoms. The second-order valence-corrected chi connectivity index (χ2v) is 15.3. The highest BCUT2D eigenvalue weighted by molar-refractivity contribution is 6.10. The Labute approximate surface area is 350 Å². The number of para-hydroxylation sites is 2. The third-order valence-corrected chi connectivity index (χ3v) is 11.8. The van der Waals surface area contributed by atoms with Crippen LogP contribution in [-0.2, 0) is 0 Å². The van der Waals surface area contributed by atoms with Gasteiger partial charge in [0.2, 0.25) is 0 Å². The number of anilines is 3. The highest BCUT2D eigenvalue weighted by Gasteiger charge is 2.20. The Morgan fingerprint density at radius 3 is 1.48 bits per heavy atom. The van der Waals surface area contributed by atoms with Crippen LogP contribution in [0.2, 0.25) is 0 Å². The van der Waals surface area contributed by atoms with Crippen molar-refractivity contribution in [3.05, 3.63) is 243 Å². The van der Waals surface area contributed by atoms with Gasteiger partial charge in [0.05, 0.1) is 16.7 Å². The molecule has 0 aliphatic rings. The molecule has 0 amide bonds. The molecule has 0 radical (unpaired) electrons. The van der Waals surface area contributed by atoms with Crippen LogP contribution in [0, 0.1) is 0 Å². The van der Waals surface area contributed by atoms with Gasteiger partial charge in [-0.05, 0) is 104 Å². The number of hydrogen-bond acceptors (Lipinski definition) is 1. The van der Waals surface area contributed by atoms with Gasteiger partial charge in [-0.3, -0.25) is 0 Å². The molecule has 11 rings (SSSR count). The lowest BCUT2D eigenvalue weighted by Gasteiger charge is -2.27. The van der Waals surface area contributed by atoms with E-state index in [-0.39, 0.29) is 0 Å². The Morgan fingerprint density at radius 2 is 0.783 bits per heavy atom. The molecule has 0 bridgehead atoms. The van der Waals surface area contributed by atoms with Crippen molar-refractivity contribution in [2.24, 2.45) is 0 Å². The molecule has 0 saturated heterocycles. The van der Waals surface area contributed by atoms with Crippen LogP contribution in [0.5, 0.6) is 0 Å². The van der Waals surface area contributed by atoms with Gasteiger partial charge in [0.25, 0.3) is 0 Å². The zero-order chi connectivity index (χ0) is 39.8. The van der Waals surface area contributed by atoms with Crippen LogP contribution in [-0.4, -0.2) is 4.57 Å². The van der Waals surface area contributed by atoms with Gasteiger partial charge in [0.1, 0.15) is 0 Å². The van der Waals surface area contributed by atoms with Gasteiger partial charge < -0.3 is 9.47 Å². The number of fused-ring (bicyclic) bond motifs is 4. The first-order valence-corrected chi connectivity index (χ1v) is 20.6. The summed E-state index contributed by atoms with van der Waals surface area (Å²) in [5, 5.41) is 4.99. The standard InChI is InChI=1S/C58H40N2/c1-3-17-41(18-4-1)45-23-13-25-48(39-45)59(49-26-14-24-46(40-49)51-30-15-22-42-19-7-8-27-50(42)51)47-37-35-43(36-38-47)52-31-16-34-57(58(52)44-20-5-2-6-21-44)60-55-32-11-9-28-53(55)54-29-10-12-33-56(54)60/h1-40H. The Hall–Kier alpha value is -7.94. The third-order valence-electron chi connectivity index (χ3n) is 11.8. The molecule has 1 aromatic heterocycles. The highest BCUT2D eigenvalue weighted by Crippen LogP contribution is 2.43. The minimum Gasteiger partial charge on any atom is -0.310 e. The maximum atomic E-state index is 2.44. The average Bonchev–Trinajstić information content (AvgIpc) is 3.66. The summed E-state index contributed by atoms with van der Waals surface area (Å²) in [6, 6.07) is 87.9. The average molecular weight is 765 g/mol. The zero-order valence-corrected chi connectivity index (χ0v) is 33.0. The van der Waals surface area contributed by atoms with Crippen LogP contribution in [0.1, 0.15) is 0 Å². The summed E-state index contributed by atoms with van der Waals surface area (Å²) in [7, 11) is 0. The van der Waals surface area contributed by atoms with Gasteiger partial charge in [0.15, 0.2) is 0 Å². The predicted octanol–water partition coefficient (Wildman–Crippen LogP) is 16.1. The molecule has 2 nitrogen and oxygen atoms in total. The Morgan fingerprint density at radius 1 is 0.283 bits per heavy atom. The van der Waals surface area contributed by atoms with Crippen molar-refractivity contribution in [2.75, 3.05) is 4.90 Å². The molecule has 0 atom stereocenters. The van der Waals surface area contributed by atoms with Crippen molar-refractivity contribution in [2.45, 2.75) is 0 Å². The summed E-state index contributed by atoms with van der Waals surface area (Å²) in [5.74, 6) is 0. The van der Waals surface area contributed by atoms with Gasteiger partial charge in [-0.2, -0.15) is 0 Å². The van der Waals surface area contributed by atoms with Gasteiger partial charge >= 0.3 is 0 Å². The van der Waals surface area contributed by atoms with Crippen LogP contribution >= 0.6 is 0 Å². The summed E-state index contributed by atoms with van der Waals surface area (Å²) in [4.78, 5) is 2.39. The van der Waals surface area contributed by atoms with E-state index >= 15 is 0 Å². The number of rotatable bonds is 8. The van der Waals surface area contributed by atoms with Crippen molar-refractivity contribution < 1.29 is 0 Å². The normalized spacial score (nSPS) is 11.3. The summed E-state index contributed by atoms with van der Waals surface area (Å²) >= 11 is 0. The molecule has 11 aromatic rings. The highest BCUT2D eigenvalue weighted by atomic mass is 15.1. The van der Waals surface area contributed by atoms with E-state index in [0.29, 0.717) is 0 Å². The quantitative estimate of drug-likeness (QED) is 0.150. The van der Waals surface area contributed by atoms with Crippen LogP contribution < -0.4 is 4.90 Å². The number of hydrogen-bond donors (Lipinski definition) is 0. The molecular weight excluding hydrogens is 725 g/mol. The van der Waals surface area contributed by atoms with E-state index in [4.69, 9.17) is 0 Å². The van der Waals surface area contributed by atoms with Crippen LogP contribution in [0.25, 0.3) is 82.8 Å². The molecular formula is C58H40N2.